The summed E-state index contributed by atoms with van der Waals surface area (Å²) in [4.78, 5) is 14.3. The highest BCUT2D eigenvalue weighted by Gasteiger charge is 2.18. The van der Waals surface area contributed by atoms with Crippen molar-refractivity contribution in [3.05, 3.63) is 11.7 Å². The smallest absolute Gasteiger partial charge is 0.377 e. The summed E-state index contributed by atoms with van der Waals surface area (Å²) in [5.74, 6) is -1.02. The summed E-state index contributed by atoms with van der Waals surface area (Å²) in [6.07, 6.45) is 4.07. The Balaban J connectivity index is 1.94. The van der Waals surface area contributed by atoms with E-state index in [1.54, 1.807) is 0 Å². The molecule has 6 nitrogen and oxygen atoms in total. The van der Waals surface area contributed by atoms with Crippen LogP contribution in [0, 0.1) is 0 Å². The lowest BCUT2D eigenvalue weighted by Crippen LogP contribution is -2.35. The van der Waals surface area contributed by atoms with Crippen LogP contribution in [0.4, 0.5) is 0 Å². The number of carboxylic acids is 1. The third-order valence-corrected chi connectivity index (χ3v) is 2.49. The van der Waals surface area contributed by atoms with Crippen LogP contribution in [0.1, 0.15) is 35.8 Å². The molecule has 6 heteroatoms. The van der Waals surface area contributed by atoms with E-state index < -0.39 is 5.97 Å². The Kier molecular flexibility index (Phi) is 2.96. The first-order valence-electron chi connectivity index (χ1n) is 5.05. The van der Waals surface area contributed by atoms with E-state index in [1.165, 1.54) is 12.8 Å². The Bertz CT molecular complexity index is 344. The molecule has 1 aromatic rings. The maximum atomic E-state index is 10.5. The van der Waals surface area contributed by atoms with Gasteiger partial charge in [-0.1, -0.05) is 6.42 Å². The quantitative estimate of drug-likeness (QED) is 0.754. The van der Waals surface area contributed by atoms with Crippen molar-refractivity contribution in [1.29, 1.82) is 0 Å². The second kappa shape index (κ2) is 4.39. The van der Waals surface area contributed by atoms with E-state index in [-0.39, 0.29) is 5.82 Å². The third kappa shape index (κ3) is 2.53. The van der Waals surface area contributed by atoms with Crippen LogP contribution >= 0.6 is 0 Å². The summed E-state index contributed by atoms with van der Waals surface area (Å²) in [5.41, 5.74) is 0. The maximum Gasteiger partial charge on any atom is 0.377 e. The van der Waals surface area contributed by atoms with Crippen molar-refractivity contribution in [2.24, 2.45) is 0 Å². The zero-order chi connectivity index (χ0) is 10.7. The molecule has 2 rings (SSSR count). The topological polar surface area (TPSA) is 88.2 Å². The Morgan fingerprint density at radius 1 is 1.60 bits per heavy atom. The van der Waals surface area contributed by atoms with E-state index in [4.69, 9.17) is 9.63 Å². The van der Waals surface area contributed by atoms with E-state index in [9.17, 15) is 4.79 Å². The zero-order valence-corrected chi connectivity index (χ0v) is 8.27. The van der Waals surface area contributed by atoms with Crippen molar-refractivity contribution in [2.75, 3.05) is 6.54 Å². The number of carboxylic acid groups (broad SMARTS) is 1. The number of hydrogen-bond acceptors (Lipinski definition) is 5. The number of nitrogens with zero attached hydrogens (tertiary/aromatic N) is 2. The van der Waals surface area contributed by atoms with Gasteiger partial charge < -0.3 is 14.9 Å². The molecular formula is C9H13N3O3. The minimum absolute atomic E-state index is 0.263. The predicted octanol–water partition coefficient (Wildman–Crippen LogP) is 0.452. The molecule has 0 bridgehead atoms. The van der Waals surface area contributed by atoms with E-state index in [0.717, 1.165) is 13.0 Å². The first-order chi connectivity index (χ1) is 7.25. The molecule has 2 heterocycles. The fourth-order valence-electron chi connectivity index (χ4n) is 1.73. The van der Waals surface area contributed by atoms with Gasteiger partial charge >= 0.3 is 5.97 Å². The molecule has 0 amide bonds. The number of hydrogen-bond donors (Lipinski definition) is 2. The van der Waals surface area contributed by atoms with Gasteiger partial charge in [-0.15, -0.1) is 0 Å². The molecule has 1 aliphatic rings. The van der Waals surface area contributed by atoms with Crippen LogP contribution in [0.25, 0.3) is 0 Å². The van der Waals surface area contributed by atoms with Crippen molar-refractivity contribution >= 4 is 5.97 Å². The lowest BCUT2D eigenvalue weighted by Gasteiger charge is -2.21. The van der Waals surface area contributed by atoms with E-state index >= 15 is 0 Å². The van der Waals surface area contributed by atoms with Crippen molar-refractivity contribution in [3.8, 4) is 0 Å². The number of carbonyl (C=O) groups is 1. The normalized spacial score (nSPS) is 21.5. The largest absolute Gasteiger partial charge is 0.475 e. The van der Waals surface area contributed by atoms with Crippen molar-refractivity contribution in [1.82, 2.24) is 15.5 Å². The van der Waals surface area contributed by atoms with Crippen LogP contribution in [0.5, 0.6) is 0 Å². The molecule has 0 aromatic carbocycles. The van der Waals surface area contributed by atoms with Crippen LogP contribution in [-0.2, 0) is 6.42 Å². The first-order valence-corrected chi connectivity index (χ1v) is 5.05. The Morgan fingerprint density at radius 3 is 3.07 bits per heavy atom. The van der Waals surface area contributed by atoms with Crippen LogP contribution < -0.4 is 5.32 Å². The number of rotatable bonds is 3. The molecule has 1 aliphatic heterocycles. The summed E-state index contributed by atoms with van der Waals surface area (Å²) in [6.45, 7) is 1.00. The average Bonchev–Trinajstić information content (AvgIpc) is 2.68. The SMILES string of the molecule is O=C(O)c1noc(CC2CCCCN2)n1. The van der Waals surface area contributed by atoms with Gasteiger partial charge in [0.05, 0.1) is 0 Å². The molecule has 0 spiro atoms. The molecule has 82 valence electrons. The van der Waals surface area contributed by atoms with Gasteiger partial charge in [-0.25, -0.2) is 4.79 Å². The lowest BCUT2D eigenvalue weighted by molar-refractivity contribution is 0.0680. The first kappa shape index (κ1) is 10.1. The van der Waals surface area contributed by atoms with Crippen molar-refractivity contribution in [3.63, 3.8) is 0 Å². The van der Waals surface area contributed by atoms with Gasteiger partial charge in [0.15, 0.2) is 0 Å². The van der Waals surface area contributed by atoms with E-state index in [1.807, 2.05) is 0 Å². The summed E-state index contributed by atoms with van der Waals surface area (Å²) in [6, 6.07) is 0.334. The molecule has 0 aliphatic carbocycles. The maximum absolute atomic E-state index is 10.5. The minimum Gasteiger partial charge on any atom is -0.475 e. The second-order valence-electron chi connectivity index (χ2n) is 3.67. The Hall–Kier alpha value is -1.43. The Morgan fingerprint density at radius 2 is 2.47 bits per heavy atom. The van der Waals surface area contributed by atoms with Crippen LogP contribution in [-0.4, -0.2) is 33.8 Å². The molecular weight excluding hydrogens is 198 g/mol. The molecule has 15 heavy (non-hydrogen) atoms. The van der Waals surface area contributed by atoms with Gasteiger partial charge in [0, 0.05) is 12.5 Å². The zero-order valence-electron chi connectivity index (χ0n) is 8.27. The number of nitrogens with one attached hydrogen (secondary N) is 1. The monoisotopic (exact) mass is 211 g/mol. The molecule has 1 unspecified atom stereocenters. The number of aromatic nitrogens is 2. The molecule has 2 N–H and O–H groups in total. The molecule has 1 fully saturated rings. The highest BCUT2D eigenvalue weighted by atomic mass is 16.5. The Labute approximate surface area is 86.7 Å². The van der Waals surface area contributed by atoms with Crippen molar-refractivity contribution in [2.45, 2.75) is 31.7 Å². The molecule has 1 atom stereocenters. The average molecular weight is 211 g/mol. The van der Waals surface area contributed by atoms with Gasteiger partial charge in [-0.2, -0.15) is 4.98 Å². The predicted molar refractivity (Wildman–Crippen MR) is 50.6 cm³/mol. The number of aromatic carboxylic acids is 1. The van der Waals surface area contributed by atoms with Gasteiger partial charge in [-0.05, 0) is 24.5 Å². The lowest BCUT2D eigenvalue weighted by atomic mass is 10.0. The van der Waals surface area contributed by atoms with Gasteiger partial charge in [0.1, 0.15) is 0 Å². The van der Waals surface area contributed by atoms with E-state index in [0.29, 0.717) is 18.4 Å². The highest BCUT2D eigenvalue weighted by molar-refractivity contribution is 5.82. The molecule has 1 aromatic heterocycles. The summed E-state index contributed by atoms with van der Waals surface area (Å²) < 4.78 is 4.85. The highest BCUT2D eigenvalue weighted by Crippen LogP contribution is 2.11. The molecule has 1 saturated heterocycles. The summed E-state index contributed by atoms with van der Waals surface area (Å²) in [7, 11) is 0. The summed E-state index contributed by atoms with van der Waals surface area (Å²) in [5, 5.41) is 15.3. The summed E-state index contributed by atoms with van der Waals surface area (Å²) >= 11 is 0. The van der Waals surface area contributed by atoms with Crippen LogP contribution in [0.2, 0.25) is 0 Å². The van der Waals surface area contributed by atoms with Gasteiger partial charge in [0.2, 0.25) is 5.89 Å². The standard InChI is InChI=1S/C9H13N3O3/c13-9(14)8-11-7(15-12-8)5-6-3-1-2-4-10-6/h6,10H,1-5H2,(H,13,14). The fraction of sp³-hybridized carbons (Fsp3) is 0.667. The second-order valence-corrected chi connectivity index (χ2v) is 3.67. The number of piperidine rings is 1. The van der Waals surface area contributed by atoms with Gasteiger partial charge in [-0.3, -0.25) is 0 Å². The van der Waals surface area contributed by atoms with E-state index in [2.05, 4.69) is 15.5 Å². The third-order valence-electron chi connectivity index (χ3n) is 2.49. The van der Waals surface area contributed by atoms with Crippen LogP contribution in [0.15, 0.2) is 4.52 Å². The molecule has 0 saturated carbocycles. The van der Waals surface area contributed by atoms with Crippen LogP contribution in [0.3, 0.4) is 0 Å². The molecule has 0 radical (unpaired) electrons. The minimum atomic E-state index is -1.15. The van der Waals surface area contributed by atoms with Crippen molar-refractivity contribution < 1.29 is 14.4 Å². The fourth-order valence-corrected chi connectivity index (χ4v) is 1.73. The van der Waals surface area contributed by atoms with Gasteiger partial charge in [0.25, 0.3) is 5.82 Å².